The summed E-state index contributed by atoms with van der Waals surface area (Å²) in [6, 6.07) is 0. The number of aliphatic imine (C=N–C) groups is 1. The smallest absolute Gasteiger partial charge is 0.137 e. The molecule has 1 rings (SSSR count). The molecule has 1 heterocycles. The third-order valence-electron chi connectivity index (χ3n) is 1.57. The molecule has 0 saturated carbocycles. The minimum Gasteiger partial charge on any atom is -0.346 e. The van der Waals surface area contributed by atoms with Crippen molar-refractivity contribution in [1.82, 2.24) is 4.98 Å². The van der Waals surface area contributed by atoms with Gasteiger partial charge < -0.3 is 4.98 Å². The number of nitrogens with one attached hydrogen (secondary N) is 1. The number of rotatable bonds is 2. The van der Waals surface area contributed by atoms with E-state index in [1.165, 1.54) is 5.56 Å². The van der Waals surface area contributed by atoms with Crippen LogP contribution in [0.5, 0.6) is 0 Å². The van der Waals surface area contributed by atoms with Gasteiger partial charge in [-0.05, 0) is 19.4 Å². The number of aromatic nitrogens is 1. The molecule has 0 unspecified atom stereocenters. The van der Waals surface area contributed by atoms with Crippen molar-refractivity contribution in [2.45, 2.75) is 13.8 Å². The fourth-order valence-electron chi connectivity index (χ4n) is 1.01. The Balaban J connectivity index is 3.15. The van der Waals surface area contributed by atoms with Gasteiger partial charge in [0.1, 0.15) is 5.82 Å². The van der Waals surface area contributed by atoms with Crippen LogP contribution in [0.3, 0.4) is 0 Å². The van der Waals surface area contributed by atoms with Crippen molar-refractivity contribution >= 4 is 18.1 Å². The van der Waals surface area contributed by atoms with E-state index in [2.05, 4.69) is 16.6 Å². The molecule has 0 atom stereocenters. The van der Waals surface area contributed by atoms with Crippen LogP contribution in [0, 0.1) is 6.92 Å². The fraction of sp³-hybridized carbons (Fsp3) is 0.222. The Hall–Kier alpha value is -1.31. The average molecular weight is 148 g/mol. The fourth-order valence-corrected chi connectivity index (χ4v) is 1.01. The van der Waals surface area contributed by atoms with E-state index in [-0.39, 0.29) is 0 Å². The summed E-state index contributed by atoms with van der Waals surface area (Å²) in [6.07, 6.45) is 5.51. The molecule has 0 radical (unpaired) electrons. The molecule has 1 aromatic rings. The average Bonchev–Trinajstić information content (AvgIpc) is 2.33. The highest BCUT2D eigenvalue weighted by Crippen LogP contribution is 2.21. The summed E-state index contributed by atoms with van der Waals surface area (Å²) in [4.78, 5) is 7.20. The molecule has 0 amide bonds. The highest BCUT2D eigenvalue weighted by atomic mass is 14.9. The summed E-state index contributed by atoms with van der Waals surface area (Å²) in [5.41, 5.74) is 2.27. The van der Waals surface area contributed by atoms with Crippen molar-refractivity contribution in [3.05, 3.63) is 23.9 Å². The van der Waals surface area contributed by atoms with E-state index in [9.17, 15) is 0 Å². The highest BCUT2D eigenvalue weighted by Gasteiger charge is 2.00. The Labute approximate surface area is 66.7 Å². The zero-order chi connectivity index (χ0) is 8.27. The van der Waals surface area contributed by atoms with Crippen LogP contribution in [0.15, 0.2) is 17.8 Å². The summed E-state index contributed by atoms with van der Waals surface area (Å²) < 4.78 is 0. The van der Waals surface area contributed by atoms with Gasteiger partial charge in [0, 0.05) is 18.0 Å². The van der Waals surface area contributed by atoms with Crippen molar-refractivity contribution < 1.29 is 0 Å². The Morgan fingerprint density at radius 2 is 2.36 bits per heavy atom. The van der Waals surface area contributed by atoms with Crippen molar-refractivity contribution in [1.29, 1.82) is 0 Å². The van der Waals surface area contributed by atoms with Gasteiger partial charge in [-0.15, -0.1) is 0 Å². The molecule has 0 saturated heterocycles. The first kappa shape index (κ1) is 7.79. The number of nitrogens with zero attached hydrogens (tertiary/aromatic N) is 1. The van der Waals surface area contributed by atoms with Crippen LogP contribution in [0.1, 0.15) is 18.1 Å². The minimum atomic E-state index is 0.889. The Morgan fingerprint density at radius 1 is 1.64 bits per heavy atom. The summed E-state index contributed by atoms with van der Waals surface area (Å²) >= 11 is 0. The van der Waals surface area contributed by atoms with Crippen LogP contribution in [-0.2, 0) is 0 Å². The third kappa shape index (κ3) is 1.40. The zero-order valence-electron chi connectivity index (χ0n) is 6.89. The maximum atomic E-state index is 4.15. The molecular formula is C9H12N2. The van der Waals surface area contributed by atoms with Gasteiger partial charge >= 0.3 is 0 Å². The predicted molar refractivity (Wildman–Crippen MR) is 49.4 cm³/mol. The first-order valence-electron chi connectivity index (χ1n) is 3.58. The Bertz CT molecular complexity index is 282. The second-order valence-corrected chi connectivity index (χ2v) is 2.33. The van der Waals surface area contributed by atoms with Crippen LogP contribution >= 0.6 is 0 Å². The molecule has 1 aromatic heterocycles. The molecule has 0 aliphatic carbocycles. The van der Waals surface area contributed by atoms with Crippen molar-refractivity contribution in [2.24, 2.45) is 4.99 Å². The number of H-pyrrole nitrogens is 1. The van der Waals surface area contributed by atoms with E-state index >= 15 is 0 Å². The standard InChI is InChI=1S/C9H12N2/c1-4-8-7(3)6-11-9(8)10-5-2/h4-6,11H,1H2,2-3H3/b10-5-. The molecule has 2 nitrogen and oxygen atoms in total. The SMILES string of the molecule is C=Cc1c(C)c[nH]c1/N=C\C. The Kier molecular flexibility index (Phi) is 2.26. The van der Waals surface area contributed by atoms with Crippen molar-refractivity contribution in [2.75, 3.05) is 0 Å². The van der Waals surface area contributed by atoms with E-state index < -0.39 is 0 Å². The third-order valence-corrected chi connectivity index (χ3v) is 1.57. The van der Waals surface area contributed by atoms with Crippen LogP contribution in [0.2, 0.25) is 0 Å². The first-order valence-corrected chi connectivity index (χ1v) is 3.58. The molecule has 11 heavy (non-hydrogen) atoms. The topological polar surface area (TPSA) is 28.1 Å². The minimum absolute atomic E-state index is 0.889. The number of hydrogen-bond donors (Lipinski definition) is 1. The van der Waals surface area contributed by atoms with Crippen LogP contribution in [0.25, 0.3) is 6.08 Å². The number of aromatic amines is 1. The summed E-state index contributed by atoms with van der Waals surface area (Å²) in [5, 5.41) is 0. The predicted octanol–water partition coefficient (Wildman–Crippen LogP) is 2.69. The molecule has 2 heteroatoms. The second-order valence-electron chi connectivity index (χ2n) is 2.33. The maximum Gasteiger partial charge on any atom is 0.137 e. The first-order chi connectivity index (χ1) is 5.29. The van der Waals surface area contributed by atoms with Gasteiger partial charge in [-0.1, -0.05) is 12.7 Å². The summed E-state index contributed by atoms with van der Waals surface area (Å²) in [7, 11) is 0. The lowest BCUT2D eigenvalue weighted by atomic mass is 10.2. The highest BCUT2D eigenvalue weighted by molar-refractivity contribution is 5.68. The van der Waals surface area contributed by atoms with Crippen molar-refractivity contribution in [3.63, 3.8) is 0 Å². The van der Waals surface area contributed by atoms with Crippen LogP contribution in [-0.4, -0.2) is 11.2 Å². The summed E-state index contributed by atoms with van der Waals surface area (Å²) in [6.45, 7) is 7.63. The van der Waals surface area contributed by atoms with E-state index in [1.807, 2.05) is 26.1 Å². The van der Waals surface area contributed by atoms with E-state index in [1.54, 1.807) is 6.21 Å². The maximum absolute atomic E-state index is 4.15. The second kappa shape index (κ2) is 3.19. The molecule has 0 spiro atoms. The van der Waals surface area contributed by atoms with Gasteiger partial charge in [0.2, 0.25) is 0 Å². The molecule has 1 N–H and O–H groups in total. The number of aryl methyl sites for hydroxylation is 1. The molecule has 0 fully saturated rings. The lowest BCUT2D eigenvalue weighted by molar-refractivity contribution is 1.33. The molecular weight excluding hydrogens is 136 g/mol. The van der Waals surface area contributed by atoms with Gasteiger partial charge in [0.25, 0.3) is 0 Å². The van der Waals surface area contributed by atoms with Gasteiger partial charge in [-0.25, -0.2) is 4.99 Å². The van der Waals surface area contributed by atoms with Gasteiger partial charge in [-0.2, -0.15) is 0 Å². The Morgan fingerprint density at radius 3 is 2.91 bits per heavy atom. The largest absolute Gasteiger partial charge is 0.346 e. The molecule has 0 aliphatic rings. The van der Waals surface area contributed by atoms with Crippen molar-refractivity contribution in [3.8, 4) is 0 Å². The lowest BCUT2D eigenvalue weighted by Crippen LogP contribution is -1.70. The van der Waals surface area contributed by atoms with E-state index in [0.29, 0.717) is 0 Å². The lowest BCUT2D eigenvalue weighted by Gasteiger charge is -1.91. The molecule has 0 aromatic carbocycles. The molecule has 58 valence electrons. The quantitative estimate of drug-likeness (QED) is 0.624. The van der Waals surface area contributed by atoms with E-state index in [0.717, 1.165) is 11.4 Å². The van der Waals surface area contributed by atoms with Gasteiger partial charge in [-0.3, -0.25) is 0 Å². The zero-order valence-corrected chi connectivity index (χ0v) is 6.89. The monoisotopic (exact) mass is 148 g/mol. The number of hydrogen-bond acceptors (Lipinski definition) is 1. The summed E-state index contributed by atoms with van der Waals surface area (Å²) in [5.74, 6) is 0.889. The van der Waals surface area contributed by atoms with Gasteiger partial charge in [0.05, 0.1) is 0 Å². The van der Waals surface area contributed by atoms with E-state index in [4.69, 9.17) is 0 Å². The molecule has 0 bridgehead atoms. The van der Waals surface area contributed by atoms with Crippen LogP contribution < -0.4 is 0 Å². The molecule has 0 aliphatic heterocycles. The normalized spacial score (nSPS) is 10.7. The van der Waals surface area contributed by atoms with Crippen LogP contribution in [0.4, 0.5) is 5.82 Å². The van der Waals surface area contributed by atoms with Gasteiger partial charge in [0.15, 0.2) is 0 Å².